The molecule has 3 nitrogen and oxygen atoms in total. The minimum Gasteiger partial charge on any atom is -0.348 e. The molecule has 1 saturated heterocycles. The lowest BCUT2D eigenvalue weighted by atomic mass is 10.1. The van der Waals surface area contributed by atoms with Gasteiger partial charge in [-0.3, -0.25) is 4.79 Å². The zero-order valence-electron chi connectivity index (χ0n) is 7.75. The number of hydrogen-bond acceptors (Lipinski definition) is 2. The number of rotatable bonds is 1. The molecule has 2 atom stereocenters. The van der Waals surface area contributed by atoms with Crippen molar-refractivity contribution in [2.75, 3.05) is 34.2 Å². The summed E-state index contributed by atoms with van der Waals surface area (Å²) in [4.78, 5) is 14.7. The second-order valence-corrected chi connectivity index (χ2v) is 3.58. The molecule has 0 radical (unpaired) electrons. The lowest BCUT2D eigenvalue weighted by Gasteiger charge is -2.16. The molecular formula is C8H15FN2O. The first-order valence-corrected chi connectivity index (χ1v) is 4.06. The summed E-state index contributed by atoms with van der Waals surface area (Å²) < 4.78 is 13.2. The summed E-state index contributed by atoms with van der Waals surface area (Å²) >= 11 is 0. The fourth-order valence-corrected chi connectivity index (χ4v) is 1.51. The number of alkyl halides is 1. The Morgan fingerprint density at radius 3 is 2.42 bits per heavy atom. The van der Waals surface area contributed by atoms with Gasteiger partial charge < -0.3 is 9.80 Å². The van der Waals surface area contributed by atoms with Gasteiger partial charge in [0.15, 0.2) is 0 Å². The number of carbonyl (C=O) groups is 1. The number of amides is 1. The van der Waals surface area contributed by atoms with Crippen molar-refractivity contribution in [3.63, 3.8) is 0 Å². The van der Waals surface area contributed by atoms with Crippen molar-refractivity contribution >= 4 is 5.91 Å². The minimum absolute atomic E-state index is 0.105. The van der Waals surface area contributed by atoms with E-state index in [1.807, 2.05) is 11.9 Å². The lowest BCUT2D eigenvalue weighted by Crippen LogP contribution is -2.34. The van der Waals surface area contributed by atoms with Crippen molar-refractivity contribution in [3.05, 3.63) is 0 Å². The Labute approximate surface area is 72.1 Å². The smallest absolute Gasteiger partial charge is 0.229 e. The van der Waals surface area contributed by atoms with Crippen LogP contribution in [0.15, 0.2) is 0 Å². The maximum absolute atomic E-state index is 13.2. The molecule has 0 aromatic rings. The monoisotopic (exact) mass is 174 g/mol. The van der Waals surface area contributed by atoms with Crippen molar-refractivity contribution in [1.29, 1.82) is 0 Å². The standard InChI is InChI=1S/C8H15FN2O/c1-10(2)8(12)6-4-11(3)5-7(6)9/h6-7H,4-5H2,1-3H3. The van der Waals surface area contributed by atoms with E-state index in [0.29, 0.717) is 13.1 Å². The summed E-state index contributed by atoms with van der Waals surface area (Å²) in [6, 6.07) is 0. The average Bonchev–Trinajstić information content (AvgIpc) is 2.28. The Bertz CT molecular complexity index is 184. The summed E-state index contributed by atoms with van der Waals surface area (Å²) in [5.41, 5.74) is 0. The molecule has 1 fully saturated rings. The molecule has 0 bridgehead atoms. The van der Waals surface area contributed by atoms with Crippen molar-refractivity contribution in [2.24, 2.45) is 5.92 Å². The van der Waals surface area contributed by atoms with Crippen molar-refractivity contribution in [1.82, 2.24) is 9.80 Å². The van der Waals surface area contributed by atoms with E-state index in [1.54, 1.807) is 14.1 Å². The van der Waals surface area contributed by atoms with E-state index >= 15 is 0 Å². The van der Waals surface area contributed by atoms with Gasteiger partial charge in [-0.2, -0.15) is 0 Å². The zero-order valence-corrected chi connectivity index (χ0v) is 7.75. The largest absolute Gasteiger partial charge is 0.348 e. The molecule has 0 saturated carbocycles. The maximum Gasteiger partial charge on any atom is 0.229 e. The highest BCUT2D eigenvalue weighted by Crippen LogP contribution is 2.19. The normalized spacial score (nSPS) is 30.7. The van der Waals surface area contributed by atoms with Crippen LogP contribution >= 0.6 is 0 Å². The molecule has 12 heavy (non-hydrogen) atoms. The Kier molecular flexibility index (Phi) is 2.67. The molecule has 4 heteroatoms. The maximum atomic E-state index is 13.2. The van der Waals surface area contributed by atoms with Crippen LogP contribution in [-0.2, 0) is 4.79 Å². The summed E-state index contributed by atoms with van der Waals surface area (Å²) in [5, 5.41) is 0. The summed E-state index contributed by atoms with van der Waals surface area (Å²) in [6.07, 6.45) is -0.995. The van der Waals surface area contributed by atoms with Gasteiger partial charge in [0.1, 0.15) is 6.17 Å². The van der Waals surface area contributed by atoms with E-state index in [9.17, 15) is 9.18 Å². The van der Waals surface area contributed by atoms with Crippen LogP contribution in [0.2, 0.25) is 0 Å². The zero-order chi connectivity index (χ0) is 9.30. The van der Waals surface area contributed by atoms with Crippen LogP contribution in [0.3, 0.4) is 0 Å². The molecule has 0 aliphatic carbocycles. The molecule has 1 amide bonds. The van der Waals surface area contributed by atoms with Crippen LogP contribution < -0.4 is 0 Å². The minimum atomic E-state index is -0.995. The molecule has 1 aliphatic rings. The summed E-state index contributed by atoms with van der Waals surface area (Å²) in [7, 11) is 5.15. The molecule has 0 aromatic carbocycles. The van der Waals surface area contributed by atoms with Gasteiger partial charge in [0.2, 0.25) is 5.91 Å². The van der Waals surface area contributed by atoms with Gasteiger partial charge in [0.05, 0.1) is 5.92 Å². The molecule has 1 heterocycles. The van der Waals surface area contributed by atoms with Gasteiger partial charge in [-0.25, -0.2) is 4.39 Å². The third kappa shape index (κ3) is 1.75. The highest BCUT2D eigenvalue weighted by Gasteiger charge is 2.36. The van der Waals surface area contributed by atoms with Crippen LogP contribution in [0.5, 0.6) is 0 Å². The summed E-state index contributed by atoms with van der Waals surface area (Å²) in [5.74, 6) is -0.558. The molecular weight excluding hydrogens is 159 g/mol. The topological polar surface area (TPSA) is 23.6 Å². The van der Waals surface area contributed by atoms with Gasteiger partial charge in [-0.15, -0.1) is 0 Å². The Morgan fingerprint density at radius 2 is 2.08 bits per heavy atom. The summed E-state index contributed by atoms with van der Waals surface area (Å²) in [6.45, 7) is 0.919. The Balaban J connectivity index is 2.58. The second-order valence-electron chi connectivity index (χ2n) is 3.58. The quantitative estimate of drug-likeness (QED) is 0.557. The van der Waals surface area contributed by atoms with Crippen LogP contribution in [0.25, 0.3) is 0 Å². The average molecular weight is 174 g/mol. The van der Waals surface area contributed by atoms with Crippen LogP contribution in [-0.4, -0.2) is 56.1 Å². The van der Waals surface area contributed by atoms with E-state index in [-0.39, 0.29) is 5.91 Å². The van der Waals surface area contributed by atoms with Crippen molar-refractivity contribution in [2.45, 2.75) is 6.17 Å². The predicted molar refractivity (Wildman–Crippen MR) is 44.6 cm³/mol. The van der Waals surface area contributed by atoms with E-state index in [0.717, 1.165) is 0 Å². The van der Waals surface area contributed by atoms with Crippen LogP contribution in [0, 0.1) is 5.92 Å². The van der Waals surface area contributed by atoms with E-state index < -0.39 is 12.1 Å². The van der Waals surface area contributed by atoms with E-state index in [4.69, 9.17) is 0 Å². The fourth-order valence-electron chi connectivity index (χ4n) is 1.51. The third-order valence-corrected chi connectivity index (χ3v) is 2.19. The molecule has 0 spiro atoms. The van der Waals surface area contributed by atoms with Gasteiger partial charge in [0, 0.05) is 27.2 Å². The van der Waals surface area contributed by atoms with Crippen molar-refractivity contribution < 1.29 is 9.18 Å². The molecule has 1 aliphatic heterocycles. The van der Waals surface area contributed by atoms with Crippen LogP contribution in [0.1, 0.15) is 0 Å². The van der Waals surface area contributed by atoms with E-state index in [1.165, 1.54) is 4.90 Å². The Morgan fingerprint density at radius 1 is 1.50 bits per heavy atom. The number of nitrogens with zero attached hydrogens (tertiary/aromatic N) is 2. The molecule has 70 valence electrons. The number of carbonyl (C=O) groups excluding carboxylic acids is 1. The van der Waals surface area contributed by atoms with E-state index in [2.05, 4.69) is 0 Å². The molecule has 2 unspecified atom stereocenters. The molecule has 1 rings (SSSR count). The first-order chi connectivity index (χ1) is 5.52. The number of hydrogen-bond donors (Lipinski definition) is 0. The lowest BCUT2D eigenvalue weighted by molar-refractivity contribution is -0.133. The van der Waals surface area contributed by atoms with Gasteiger partial charge in [-0.1, -0.05) is 0 Å². The first-order valence-electron chi connectivity index (χ1n) is 4.06. The fraction of sp³-hybridized carbons (Fsp3) is 0.875. The molecule has 0 N–H and O–H groups in total. The Hall–Kier alpha value is -0.640. The first kappa shape index (κ1) is 9.45. The predicted octanol–water partition coefficient (Wildman–Crippen LogP) is -0.0257. The number of likely N-dealkylation sites (tertiary alicyclic amines) is 1. The SMILES string of the molecule is CN1CC(F)C(C(=O)N(C)C)C1. The van der Waals surface area contributed by atoms with Gasteiger partial charge >= 0.3 is 0 Å². The van der Waals surface area contributed by atoms with Crippen LogP contribution in [0.4, 0.5) is 4.39 Å². The molecule has 0 aromatic heterocycles. The second kappa shape index (κ2) is 3.39. The highest BCUT2D eigenvalue weighted by atomic mass is 19.1. The third-order valence-electron chi connectivity index (χ3n) is 2.19. The van der Waals surface area contributed by atoms with Gasteiger partial charge in [0.25, 0.3) is 0 Å². The highest BCUT2D eigenvalue weighted by molar-refractivity contribution is 5.79. The van der Waals surface area contributed by atoms with Gasteiger partial charge in [-0.05, 0) is 7.05 Å². The number of halogens is 1. The van der Waals surface area contributed by atoms with Crippen molar-refractivity contribution in [3.8, 4) is 0 Å².